The van der Waals surface area contributed by atoms with E-state index in [9.17, 15) is 9.59 Å². The van der Waals surface area contributed by atoms with Crippen molar-refractivity contribution in [3.63, 3.8) is 0 Å². The van der Waals surface area contributed by atoms with Crippen molar-refractivity contribution in [3.8, 4) is 0 Å². The van der Waals surface area contributed by atoms with Crippen LogP contribution in [0.4, 0.5) is 5.69 Å². The SMILES string of the molecule is Cc1cccc(N2C(=O)c3ccc(Br)cc3C2=O)c1Cl. The molecule has 0 aliphatic carbocycles. The van der Waals surface area contributed by atoms with E-state index >= 15 is 0 Å². The first-order valence-corrected chi connectivity index (χ1v) is 7.11. The molecule has 5 heteroatoms. The molecule has 1 aliphatic rings. The molecule has 2 aromatic rings. The predicted molar refractivity (Wildman–Crippen MR) is 81.5 cm³/mol. The van der Waals surface area contributed by atoms with Crippen molar-refractivity contribution in [2.75, 3.05) is 4.90 Å². The van der Waals surface area contributed by atoms with Crippen molar-refractivity contribution in [1.29, 1.82) is 0 Å². The lowest BCUT2D eigenvalue weighted by Gasteiger charge is -2.16. The number of rotatable bonds is 1. The number of carbonyl (C=O) groups is 2. The van der Waals surface area contributed by atoms with E-state index in [2.05, 4.69) is 15.9 Å². The minimum Gasteiger partial charge on any atom is -0.268 e. The van der Waals surface area contributed by atoms with E-state index in [1.165, 1.54) is 0 Å². The monoisotopic (exact) mass is 349 g/mol. The number of amides is 2. The summed E-state index contributed by atoms with van der Waals surface area (Å²) in [6, 6.07) is 10.3. The summed E-state index contributed by atoms with van der Waals surface area (Å²) < 4.78 is 0.759. The van der Waals surface area contributed by atoms with E-state index in [0.29, 0.717) is 21.8 Å². The van der Waals surface area contributed by atoms with Gasteiger partial charge in [-0.05, 0) is 36.8 Å². The van der Waals surface area contributed by atoms with Crippen molar-refractivity contribution in [1.82, 2.24) is 0 Å². The summed E-state index contributed by atoms with van der Waals surface area (Å²) in [6.45, 7) is 1.83. The largest absolute Gasteiger partial charge is 0.268 e. The molecule has 0 radical (unpaired) electrons. The number of fused-ring (bicyclic) bond motifs is 1. The number of imide groups is 1. The lowest BCUT2D eigenvalue weighted by atomic mass is 10.1. The molecular weight excluding hydrogens is 342 g/mol. The predicted octanol–water partition coefficient (Wildman–Crippen LogP) is 4.21. The van der Waals surface area contributed by atoms with Crippen molar-refractivity contribution >= 4 is 45.0 Å². The van der Waals surface area contributed by atoms with Crippen LogP contribution in [-0.2, 0) is 0 Å². The summed E-state index contributed by atoms with van der Waals surface area (Å²) >= 11 is 9.53. The van der Waals surface area contributed by atoms with Gasteiger partial charge >= 0.3 is 0 Å². The second-order valence-corrected chi connectivity index (χ2v) is 5.84. The Bertz CT molecular complexity index is 758. The van der Waals surface area contributed by atoms with Crippen LogP contribution in [0.1, 0.15) is 26.3 Å². The fourth-order valence-electron chi connectivity index (χ4n) is 2.24. The first kappa shape index (κ1) is 13.3. The van der Waals surface area contributed by atoms with Crippen molar-refractivity contribution < 1.29 is 9.59 Å². The van der Waals surface area contributed by atoms with Gasteiger partial charge in [0.15, 0.2) is 0 Å². The topological polar surface area (TPSA) is 37.4 Å². The van der Waals surface area contributed by atoms with Gasteiger partial charge in [-0.15, -0.1) is 0 Å². The van der Waals surface area contributed by atoms with Gasteiger partial charge in [0.05, 0.1) is 21.8 Å². The molecule has 0 fully saturated rings. The highest BCUT2D eigenvalue weighted by Crippen LogP contribution is 2.35. The van der Waals surface area contributed by atoms with Crippen LogP contribution in [0, 0.1) is 6.92 Å². The van der Waals surface area contributed by atoms with E-state index in [1.54, 1.807) is 30.3 Å². The number of hydrogen-bond donors (Lipinski definition) is 0. The summed E-state index contributed by atoms with van der Waals surface area (Å²) in [5, 5.41) is 0.418. The Morgan fingerprint density at radius 2 is 1.75 bits per heavy atom. The molecule has 0 saturated heterocycles. The van der Waals surface area contributed by atoms with Gasteiger partial charge < -0.3 is 0 Å². The van der Waals surface area contributed by atoms with Crippen molar-refractivity contribution in [3.05, 3.63) is 62.6 Å². The molecule has 100 valence electrons. The minimum absolute atomic E-state index is 0.343. The molecule has 0 N–H and O–H groups in total. The molecule has 2 aromatic carbocycles. The van der Waals surface area contributed by atoms with E-state index in [4.69, 9.17) is 11.6 Å². The van der Waals surface area contributed by atoms with Crippen LogP contribution in [0.25, 0.3) is 0 Å². The number of anilines is 1. The average molecular weight is 351 g/mol. The van der Waals surface area contributed by atoms with Gasteiger partial charge in [0.1, 0.15) is 0 Å². The van der Waals surface area contributed by atoms with E-state index in [-0.39, 0.29) is 11.8 Å². The van der Waals surface area contributed by atoms with Gasteiger partial charge in [-0.1, -0.05) is 39.7 Å². The fourth-order valence-corrected chi connectivity index (χ4v) is 2.81. The van der Waals surface area contributed by atoms with E-state index < -0.39 is 0 Å². The van der Waals surface area contributed by atoms with Crippen molar-refractivity contribution in [2.24, 2.45) is 0 Å². The highest BCUT2D eigenvalue weighted by Gasteiger charge is 2.37. The van der Waals surface area contributed by atoms with Gasteiger partial charge in [0.25, 0.3) is 11.8 Å². The lowest BCUT2D eigenvalue weighted by molar-refractivity contribution is 0.0926. The molecule has 0 spiro atoms. The van der Waals surface area contributed by atoms with Gasteiger partial charge in [-0.3, -0.25) is 9.59 Å². The Kier molecular flexibility index (Phi) is 3.15. The average Bonchev–Trinajstić information content (AvgIpc) is 2.65. The number of carbonyl (C=O) groups excluding carboxylic acids is 2. The third-order valence-electron chi connectivity index (χ3n) is 3.26. The quantitative estimate of drug-likeness (QED) is 0.722. The van der Waals surface area contributed by atoms with Gasteiger partial charge in [0, 0.05) is 4.47 Å². The Labute approximate surface area is 129 Å². The molecule has 2 amide bonds. The summed E-state index contributed by atoms with van der Waals surface area (Å²) in [5.74, 6) is -0.691. The number of nitrogens with zero attached hydrogens (tertiary/aromatic N) is 1. The summed E-state index contributed by atoms with van der Waals surface area (Å²) in [4.78, 5) is 26.0. The van der Waals surface area contributed by atoms with E-state index in [0.717, 1.165) is 14.9 Å². The third kappa shape index (κ3) is 1.87. The number of benzene rings is 2. The maximum absolute atomic E-state index is 12.4. The highest BCUT2D eigenvalue weighted by molar-refractivity contribution is 9.10. The van der Waals surface area contributed by atoms with Crippen LogP contribution in [0.15, 0.2) is 40.9 Å². The van der Waals surface area contributed by atoms with Crippen LogP contribution in [0.3, 0.4) is 0 Å². The maximum atomic E-state index is 12.4. The fraction of sp³-hybridized carbons (Fsp3) is 0.0667. The molecule has 20 heavy (non-hydrogen) atoms. The first-order valence-electron chi connectivity index (χ1n) is 5.94. The summed E-state index contributed by atoms with van der Waals surface area (Å²) in [7, 11) is 0. The minimum atomic E-state index is -0.348. The van der Waals surface area contributed by atoms with Gasteiger partial charge in [0.2, 0.25) is 0 Å². The number of aryl methyl sites for hydroxylation is 1. The van der Waals surface area contributed by atoms with Crippen LogP contribution in [0.5, 0.6) is 0 Å². The molecule has 0 unspecified atom stereocenters. The summed E-state index contributed by atoms with van der Waals surface area (Å²) in [6.07, 6.45) is 0. The molecule has 0 atom stereocenters. The third-order valence-corrected chi connectivity index (χ3v) is 4.25. The maximum Gasteiger partial charge on any atom is 0.266 e. The molecule has 3 rings (SSSR count). The molecule has 1 heterocycles. The first-order chi connectivity index (χ1) is 9.50. The van der Waals surface area contributed by atoms with Crippen LogP contribution in [0.2, 0.25) is 5.02 Å². The van der Waals surface area contributed by atoms with Crippen LogP contribution in [-0.4, -0.2) is 11.8 Å². The van der Waals surface area contributed by atoms with Gasteiger partial charge in [-0.25, -0.2) is 4.90 Å². The molecule has 3 nitrogen and oxygen atoms in total. The Hall–Kier alpha value is -1.65. The van der Waals surface area contributed by atoms with E-state index in [1.807, 2.05) is 13.0 Å². The Balaban J connectivity index is 2.17. The van der Waals surface area contributed by atoms with Crippen LogP contribution < -0.4 is 4.90 Å². The highest BCUT2D eigenvalue weighted by atomic mass is 79.9. The Morgan fingerprint density at radius 1 is 1.05 bits per heavy atom. The molecule has 0 saturated carbocycles. The smallest absolute Gasteiger partial charge is 0.266 e. The Morgan fingerprint density at radius 3 is 2.50 bits per heavy atom. The molecule has 1 aliphatic heterocycles. The molecule has 0 bridgehead atoms. The van der Waals surface area contributed by atoms with Crippen LogP contribution >= 0.6 is 27.5 Å². The molecular formula is C15H9BrClNO2. The second-order valence-electron chi connectivity index (χ2n) is 4.54. The zero-order valence-corrected chi connectivity index (χ0v) is 12.8. The van der Waals surface area contributed by atoms with Crippen molar-refractivity contribution in [2.45, 2.75) is 6.92 Å². The number of hydrogen-bond acceptors (Lipinski definition) is 2. The standard InChI is InChI=1S/C15H9BrClNO2/c1-8-3-2-4-12(13(8)17)18-14(19)10-6-5-9(16)7-11(10)15(18)20/h2-7H,1H3. The zero-order chi connectivity index (χ0) is 14.4. The zero-order valence-electron chi connectivity index (χ0n) is 10.5. The normalized spacial score (nSPS) is 13.8. The summed E-state index contributed by atoms with van der Waals surface area (Å²) in [5.41, 5.74) is 2.04. The number of halogens is 2. The second kappa shape index (κ2) is 4.72. The lowest BCUT2D eigenvalue weighted by Crippen LogP contribution is -2.29. The molecule has 0 aromatic heterocycles. The van der Waals surface area contributed by atoms with Gasteiger partial charge in [-0.2, -0.15) is 0 Å².